The molecule has 1 aromatic rings. The molecule has 1 unspecified atom stereocenters. The van der Waals surface area contributed by atoms with Gasteiger partial charge in [-0.05, 0) is 53.8 Å². The van der Waals surface area contributed by atoms with Gasteiger partial charge in [-0.15, -0.1) is 0 Å². The van der Waals surface area contributed by atoms with Crippen molar-refractivity contribution in [3.05, 3.63) is 35.4 Å². The van der Waals surface area contributed by atoms with Crippen molar-refractivity contribution < 1.29 is 0 Å². The van der Waals surface area contributed by atoms with Gasteiger partial charge in [0.2, 0.25) is 0 Å². The van der Waals surface area contributed by atoms with Crippen molar-refractivity contribution in [1.82, 2.24) is 5.32 Å². The number of hydrogen-bond acceptors (Lipinski definition) is 1. The molecule has 0 aliphatic heterocycles. The van der Waals surface area contributed by atoms with Crippen LogP contribution in [-0.4, -0.2) is 13.1 Å². The molecule has 1 aromatic carbocycles. The number of rotatable bonds is 7. The number of nitrogens with one attached hydrogen (secondary N) is 1. The largest absolute Gasteiger partial charge is 0.316 e. The van der Waals surface area contributed by atoms with Crippen LogP contribution in [0.1, 0.15) is 59.6 Å². The molecule has 0 heterocycles. The van der Waals surface area contributed by atoms with Crippen LogP contribution in [0.5, 0.6) is 0 Å². The van der Waals surface area contributed by atoms with Gasteiger partial charge in [-0.3, -0.25) is 0 Å². The Bertz CT molecular complexity index is 395. The number of benzene rings is 1. The van der Waals surface area contributed by atoms with Crippen molar-refractivity contribution in [3.63, 3.8) is 0 Å². The van der Waals surface area contributed by atoms with E-state index in [1.54, 1.807) is 0 Å². The van der Waals surface area contributed by atoms with Gasteiger partial charge in [-0.1, -0.05) is 72.7 Å². The van der Waals surface area contributed by atoms with Gasteiger partial charge in [-0.2, -0.15) is 0 Å². The Hall–Kier alpha value is -0.820. The number of hydrogen-bond donors (Lipinski definition) is 1. The molecule has 0 amide bonds. The minimum atomic E-state index is 0.245. The molecule has 0 aliphatic carbocycles. The van der Waals surface area contributed by atoms with Crippen LogP contribution in [-0.2, 0) is 11.8 Å². The van der Waals surface area contributed by atoms with Crippen LogP contribution in [0.3, 0.4) is 0 Å². The average Bonchev–Trinajstić information content (AvgIpc) is 2.36. The Morgan fingerprint density at radius 3 is 1.90 bits per heavy atom. The summed E-state index contributed by atoms with van der Waals surface area (Å²) >= 11 is 0. The van der Waals surface area contributed by atoms with E-state index in [1.165, 1.54) is 17.5 Å². The Morgan fingerprint density at radius 2 is 1.48 bits per heavy atom. The molecule has 0 saturated heterocycles. The Kier molecular flexibility index (Phi) is 6.93. The molecule has 1 nitrogen and oxygen atoms in total. The lowest BCUT2D eigenvalue weighted by Crippen LogP contribution is -2.30. The van der Waals surface area contributed by atoms with Gasteiger partial charge >= 0.3 is 0 Å². The highest BCUT2D eigenvalue weighted by molar-refractivity contribution is 5.27. The zero-order chi connectivity index (χ0) is 16.0. The van der Waals surface area contributed by atoms with Gasteiger partial charge < -0.3 is 5.32 Å². The normalized spacial score (nSPS) is 14.0. The molecule has 1 atom stereocenters. The first-order valence-electron chi connectivity index (χ1n) is 8.50. The second kappa shape index (κ2) is 7.98. The second-order valence-electron chi connectivity index (χ2n) is 8.21. The monoisotopic (exact) mass is 289 g/mol. The maximum atomic E-state index is 3.62. The fourth-order valence-electron chi connectivity index (χ4n) is 2.54. The van der Waals surface area contributed by atoms with Crippen LogP contribution in [0, 0.1) is 17.8 Å². The van der Waals surface area contributed by atoms with E-state index < -0.39 is 0 Å². The van der Waals surface area contributed by atoms with Gasteiger partial charge in [0.15, 0.2) is 0 Å². The fraction of sp³-hybridized carbons (Fsp3) is 0.700. The van der Waals surface area contributed by atoms with Crippen molar-refractivity contribution in [1.29, 1.82) is 0 Å². The van der Waals surface area contributed by atoms with E-state index >= 15 is 0 Å². The summed E-state index contributed by atoms with van der Waals surface area (Å²) in [5, 5.41) is 3.62. The van der Waals surface area contributed by atoms with Crippen molar-refractivity contribution in [3.8, 4) is 0 Å². The van der Waals surface area contributed by atoms with Crippen molar-refractivity contribution >= 4 is 0 Å². The average molecular weight is 290 g/mol. The molecule has 21 heavy (non-hydrogen) atoms. The molecular weight excluding hydrogens is 254 g/mol. The molecule has 0 bridgehead atoms. The summed E-state index contributed by atoms with van der Waals surface area (Å²) in [4.78, 5) is 0. The maximum Gasteiger partial charge on any atom is -0.00148 e. The van der Waals surface area contributed by atoms with Gasteiger partial charge in [0.1, 0.15) is 0 Å². The Labute approximate surface area is 132 Å². The van der Waals surface area contributed by atoms with E-state index in [9.17, 15) is 0 Å². The maximum absolute atomic E-state index is 3.62. The zero-order valence-corrected chi connectivity index (χ0v) is 15.2. The van der Waals surface area contributed by atoms with Crippen LogP contribution in [0.15, 0.2) is 24.3 Å². The van der Waals surface area contributed by atoms with Crippen LogP contribution < -0.4 is 5.32 Å². The molecule has 1 rings (SSSR count). The van der Waals surface area contributed by atoms with E-state index in [2.05, 4.69) is 78.0 Å². The molecule has 0 aromatic heterocycles. The van der Waals surface area contributed by atoms with E-state index in [0.717, 1.165) is 19.0 Å². The van der Waals surface area contributed by atoms with E-state index in [1.807, 2.05) is 0 Å². The third-order valence-electron chi connectivity index (χ3n) is 4.22. The molecule has 1 heteroatoms. The van der Waals surface area contributed by atoms with E-state index in [-0.39, 0.29) is 5.41 Å². The van der Waals surface area contributed by atoms with Gasteiger partial charge in [0.05, 0.1) is 0 Å². The molecule has 0 saturated carbocycles. The first-order valence-corrected chi connectivity index (χ1v) is 8.50. The Morgan fingerprint density at radius 1 is 0.905 bits per heavy atom. The lowest BCUT2D eigenvalue weighted by molar-refractivity contribution is 0.352. The highest BCUT2D eigenvalue weighted by Gasteiger charge is 2.16. The predicted octanol–water partition coefficient (Wildman–Crippen LogP) is 5.04. The molecular formula is C20H35N. The zero-order valence-electron chi connectivity index (χ0n) is 15.2. The third kappa shape index (κ3) is 6.65. The van der Waals surface area contributed by atoms with Crippen LogP contribution in [0.4, 0.5) is 0 Å². The summed E-state index contributed by atoms with van der Waals surface area (Å²) in [6.07, 6.45) is 1.17. The summed E-state index contributed by atoms with van der Waals surface area (Å²) in [6, 6.07) is 9.24. The quantitative estimate of drug-likeness (QED) is 0.741. The summed E-state index contributed by atoms with van der Waals surface area (Å²) in [6.45, 7) is 18.3. The van der Waals surface area contributed by atoms with Crippen LogP contribution in [0.25, 0.3) is 0 Å². The molecule has 0 spiro atoms. The first kappa shape index (κ1) is 18.2. The lowest BCUT2D eigenvalue weighted by atomic mass is 9.84. The lowest BCUT2D eigenvalue weighted by Gasteiger charge is -2.23. The minimum Gasteiger partial charge on any atom is -0.316 e. The molecule has 0 radical (unpaired) electrons. The van der Waals surface area contributed by atoms with Crippen LogP contribution in [0.2, 0.25) is 0 Å². The van der Waals surface area contributed by atoms with Crippen LogP contribution >= 0.6 is 0 Å². The summed E-state index contributed by atoms with van der Waals surface area (Å²) in [5.41, 5.74) is 3.13. The second-order valence-corrected chi connectivity index (χ2v) is 8.21. The predicted molar refractivity (Wildman–Crippen MR) is 94.9 cm³/mol. The summed E-state index contributed by atoms with van der Waals surface area (Å²) < 4.78 is 0. The van der Waals surface area contributed by atoms with Gasteiger partial charge in [0, 0.05) is 0 Å². The highest BCUT2D eigenvalue weighted by atomic mass is 14.9. The van der Waals surface area contributed by atoms with E-state index in [4.69, 9.17) is 0 Å². The standard InChI is InChI=1S/C20H35N/c1-15(2)13-21-14-18(16(3)4)12-17-8-10-19(11-9-17)20(5,6)7/h8-11,15-16,18,21H,12-14H2,1-7H3. The minimum absolute atomic E-state index is 0.245. The molecule has 120 valence electrons. The third-order valence-corrected chi connectivity index (χ3v) is 4.22. The Balaban J connectivity index is 2.62. The summed E-state index contributed by atoms with van der Waals surface area (Å²) in [7, 11) is 0. The SMILES string of the molecule is CC(C)CNCC(Cc1ccc(C(C)(C)C)cc1)C(C)C. The first-order chi connectivity index (χ1) is 9.70. The van der Waals surface area contributed by atoms with Crippen molar-refractivity contribution in [2.24, 2.45) is 17.8 Å². The molecule has 0 fully saturated rings. The topological polar surface area (TPSA) is 12.0 Å². The molecule has 0 aliphatic rings. The highest BCUT2D eigenvalue weighted by Crippen LogP contribution is 2.24. The fourth-order valence-corrected chi connectivity index (χ4v) is 2.54. The van der Waals surface area contributed by atoms with E-state index in [0.29, 0.717) is 11.8 Å². The van der Waals surface area contributed by atoms with Crippen molar-refractivity contribution in [2.45, 2.75) is 60.3 Å². The van der Waals surface area contributed by atoms with Gasteiger partial charge in [-0.25, -0.2) is 0 Å². The van der Waals surface area contributed by atoms with Gasteiger partial charge in [0.25, 0.3) is 0 Å². The smallest absolute Gasteiger partial charge is 0.00148 e. The van der Waals surface area contributed by atoms with Crippen molar-refractivity contribution in [2.75, 3.05) is 13.1 Å². The summed E-state index contributed by atoms with van der Waals surface area (Å²) in [5.74, 6) is 2.15. The molecule has 1 N–H and O–H groups in total.